The van der Waals surface area contributed by atoms with Crippen LogP contribution in [-0.4, -0.2) is 38.0 Å². The molecule has 2 aromatic carbocycles. The van der Waals surface area contributed by atoms with Crippen LogP contribution in [0, 0.1) is 5.41 Å². The molecule has 0 fully saturated rings. The molecular weight excluding hydrogens is 376 g/mol. The van der Waals surface area contributed by atoms with E-state index in [9.17, 15) is 19.2 Å². The number of carbonyl (C=O) groups excluding carboxylic acids is 4. The van der Waals surface area contributed by atoms with Crippen molar-refractivity contribution >= 4 is 35.1 Å². The predicted molar refractivity (Wildman–Crippen MR) is 107 cm³/mol. The van der Waals surface area contributed by atoms with Gasteiger partial charge >= 0.3 is 11.9 Å². The van der Waals surface area contributed by atoms with Crippen LogP contribution in [0.25, 0.3) is 0 Å². The summed E-state index contributed by atoms with van der Waals surface area (Å²) in [4.78, 5) is 49.0. The second-order valence-electron chi connectivity index (χ2n) is 6.64. The Balaban J connectivity index is 2.18. The van der Waals surface area contributed by atoms with Crippen LogP contribution >= 0.6 is 0 Å². The average Bonchev–Trinajstić information content (AvgIpc) is 2.73. The molecule has 2 aromatic rings. The first-order valence-corrected chi connectivity index (χ1v) is 8.69. The molecule has 0 aromatic heterocycles. The standard InChI is InChI=1S/C21H22N2O6/c1-21(2,19(26)22-14-9-7-8-13(12-14)17(24)28-3)20(27)23-16-11-6-5-10-15(16)18(25)29-4/h5-12H,1-4H3,(H,22,26)(H,23,27). The fourth-order valence-corrected chi connectivity index (χ4v) is 2.39. The summed E-state index contributed by atoms with van der Waals surface area (Å²) in [6, 6.07) is 12.5. The van der Waals surface area contributed by atoms with Gasteiger partial charge in [0.05, 0.1) is 31.0 Å². The molecule has 0 saturated carbocycles. The summed E-state index contributed by atoms with van der Waals surface area (Å²) < 4.78 is 9.36. The Morgan fingerprint density at radius 3 is 2.07 bits per heavy atom. The van der Waals surface area contributed by atoms with E-state index in [1.165, 1.54) is 46.3 Å². The molecule has 29 heavy (non-hydrogen) atoms. The summed E-state index contributed by atoms with van der Waals surface area (Å²) in [5.41, 5.74) is -0.471. The van der Waals surface area contributed by atoms with E-state index >= 15 is 0 Å². The molecule has 8 heteroatoms. The summed E-state index contributed by atoms with van der Waals surface area (Å²) in [6.45, 7) is 2.89. The zero-order chi connectivity index (χ0) is 21.6. The topological polar surface area (TPSA) is 111 Å². The van der Waals surface area contributed by atoms with Crippen molar-refractivity contribution in [2.75, 3.05) is 24.9 Å². The van der Waals surface area contributed by atoms with E-state index in [1.54, 1.807) is 30.3 Å². The van der Waals surface area contributed by atoms with Crippen molar-refractivity contribution in [1.29, 1.82) is 0 Å². The summed E-state index contributed by atoms with van der Waals surface area (Å²) in [7, 11) is 2.49. The minimum atomic E-state index is -1.48. The molecule has 0 unspecified atom stereocenters. The maximum Gasteiger partial charge on any atom is 0.339 e. The van der Waals surface area contributed by atoms with Crippen LogP contribution in [0.1, 0.15) is 34.6 Å². The molecule has 0 radical (unpaired) electrons. The highest BCUT2D eigenvalue weighted by molar-refractivity contribution is 6.15. The van der Waals surface area contributed by atoms with Gasteiger partial charge in [0.2, 0.25) is 11.8 Å². The van der Waals surface area contributed by atoms with Gasteiger partial charge in [-0.3, -0.25) is 9.59 Å². The van der Waals surface area contributed by atoms with Crippen molar-refractivity contribution in [3.8, 4) is 0 Å². The minimum Gasteiger partial charge on any atom is -0.465 e. The summed E-state index contributed by atoms with van der Waals surface area (Å²) >= 11 is 0. The molecular formula is C21H22N2O6. The molecule has 8 nitrogen and oxygen atoms in total. The number of hydrogen-bond donors (Lipinski definition) is 2. The zero-order valence-corrected chi connectivity index (χ0v) is 16.6. The molecule has 0 bridgehead atoms. The molecule has 0 heterocycles. The van der Waals surface area contributed by atoms with Crippen LogP contribution in [0.2, 0.25) is 0 Å². The van der Waals surface area contributed by atoms with E-state index in [0.717, 1.165) is 0 Å². The van der Waals surface area contributed by atoms with Crippen molar-refractivity contribution in [1.82, 2.24) is 0 Å². The lowest BCUT2D eigenvalue weighted by molar-refractivity contribution is -0.135. The largest absolute Gasteiger partial charge is 0.465 e. The van der Waals surface area contributed by atoms with Gasteiger partial charge in [0.1, 0.15) is 5.41 Å². The van der Waals surface area contributed by atoms with Gasteiger partial charge in [-0.1, -0.05) is 18.2 Å². The molecule has 0 aliphatic heterocycles. The monoisotopic (exact) mass is 398 g/mol. The summed E-state index contributed by atoms with van der Waals surface area (Å²) in [5, 5.41) is 5.21. The first-order chi connectivity index (χ1) is 13.7. The Kier molecular flexibility index (Phi) is 6.71. The minimum absolute atomic E-state index is 0.172. The highest BCUT2D eigenvalue weighted by atomic mass is 16.5. The Bertz CT molecular complexity index is 952. The number of para-hydroxylation sites is 1. The SMILES string of the molecule is COC(=O)c1cccc(NC(=O)C(C)(C)C(=O)Nc2ccccc2C(=O)OC)c1. The third kappa shape index (κ3) is 4.98. The van der Waals surface area contributed by atoms with Gasteiger partial charge < -0.3 is 20.1 Å². The number of nitrogens with one attached hydrogen (secondary N) is 2. The highest BCUT2D eigenvalue weighted by Crippen LogP contribution is 2.24. The lowest BCUT2D eigenvalue weighted by Crippen LogP contribution is -2.41. The lowest BCUT2D eigenvalue weighted by atomic mass is 9.90. The molecule has 0 atom stereocenters. The van der Waals surface area contributed by atoms with Crippen LogP contribution in [0.4, 0.5) is 11.4 Å². The molecule has 0 spiro atoms. The van der Waals surface area contributed by atoms with Crippen LogP contribution < -0.4 is 10.6 Å². The van der Waals surface area contributed by atoms with E-state index in [-0.39, 0.29) is 16.8 Å². The quantitative estimate of drug-likeness (QED) is 0.572. The number of anilines is 2. The number of hydrogen-bond acceptors (Lipinski definition) is 6. The third-order valence-electron chi connectivity index (χ3n) is 4.26. The first kappa shape index (κ1) is 21.6. The van der Waals surface area contributed by atoms with Crippen molar-refractivity contribution in [3.05, 3.63) is 59.7 Å². The zero-order valence-electron chi connectivity index (χ0n) is 16.6. The number of ether oxygens (including phenoxy) is 2. The van der Waals surface area contributed by atoms with Gasteiger partial charge in [0.15, 0.2) is 0 Å². The number of carbonyl (C=O) groups is 4. The molecule has 0 aliphatic rings. The maximum absolute atomic E-state index is 12.8. The number of rotatable bonds is 6. The molecule has 2 N–H and O–H groups in total. The number of methoxy groups -OCH3 is 2. The molecule has 0 aliphatic carbocycles. The van der Waals surface area contributed by atoms with E-state index in [0.29, 0.717) is 5.69 Å². The lowest BCUT2D eigenvalue weighted by Gasteiger charge is -2.23. The van der Waals surface area contributed by atoms with Gasteiger partial charge in [-0.05, 0) is 44.2 Å². The Morgan fingerprint density at radius 2 is 1.41 bits per heavy atom. The molecule has 2 amide bonds. The smallest absolute Gasteiger partial charge is 0.339 e. The predicted octanol–water partition coefficient (Wildman–Crippen LogP) is 2.86. The van der Waals surface area contributed by atoms with Crippen molar-refractivity contribution in [2.24, 2.45) is 5.41 Å². The van der Waals surface area contributed by atoms with E-state index in [1.807, 2.05) is 0 Å². The summed E-state index contributed by atoms with van der Waals surface area (Å²) in [6.07, 6.45) is 0. The third-order valence-corrected chi connectivity index (χ3v) is 4.26. The van der Waals surface area contributed by atoms with Gasteiger partial charge in [0.25, 0.3) is 0 Å². The van der Waals surface area contributed by atoms with E-state index in [2.05, 4.69) is 15.4 Å². The van der Waals surface area contributed by atoms with Crippen LogP contribution in [0.5, 0.6) is 0 Å². The maximum atomic E-state index is 12.8. The van der Waals surface area contributed by atoms with Crippen molar-refractivity contribution < 1.29 is 28.7 Å². The second kappa shape index (κ2) is 9.01. The van der Waals surface area contributed by atoms with Gasteiger partial charge in [-0.25, -0.2) is 9.59 Å². The number of esters is 2. The van der Waals surface area contributed by atoms with E-state index in [4.69, 9.17) is 4.74 Å². The van der Waals surface area contributed by atoms with Gasteiger partial charge in [-0.2, -0.15) is 0 Å². The Labute approximate surface area is 168 Å². The number of benzene rings is 2. The molecule has 152 valence electrons. The van der Waals surface area contributed by atoms with Crippen molar-refractivity contribution in [3.63, 3.8) is 0 Å². The molecule has 2 rings (SSSR count). The highest BCUT2D eigenvalue weighted by Gasteiger charge is 2.36. The Morgan fingerprint density at radius 1 is 0.793 bits per heavy atom. The van der Waals surface area contributed by atoms with Crippen LogP contribution in [0.3, 0.4) is 0 Å². The summed E-state index contributed by atoms with van der Waals surface area (Å²) in [5.74, 6) is -2.36. The first-order valence-electron chi connectivity index (χ1n) is 8.69. The van der Waals surface area contributed by atoms with Crippen molar-refractivity contribution in [2.45, 2.75) is 13.8 Å². The van der Waals surface area contributed by atoms with Crippen LogP contribution in [0.15, 0.2) is 48.5 Å². The number of amides is 2. The normalized spacial score (nSPS) is 10.6. The fraction of sp³-hybridized carbons (Fsp3) is 0.238. The van der Waals surface area contributed by atoms with Crippen LogP contribution in [-0.2, 0) is 19.1 Å². The Hall–Kier alpha value is -3.68. The second-order valence-corrected chi connectivity index (χ2v) is 6.64. The average molecular weight is 398 g/mol. The van der Waals surface area contributed by atoms with Gasteiger partial charge in [0, 0.05) is 5.69 Å². The molecule has 0 saturated heterocycles. The fourth-order valence-electron chi connectivity index (χ4n) is 2.39. The van der Waals surface area contributed by atoms with E-state index < -0.39 is 29.2 Å². The van der Waals surface area contributed by atoms with Gasteiger partial charge in [-0.15, -0.1) is 0 Å².